The number of rotatable bonds is 6. The Morgan fingerprint density at radius 1 is 1.14 bits per heavy atom. The largest absolute Gasteiger partial charge is 0.493 e. The predicted molar refractivity (Wildman–Crippen MR) is 108 cm³/mol. The van der Waals surface area contributed by atoms with E-state index in [0.29, 0.717) is 33.2 Å². The Kier molecular flexibility index (Phi) is 5.82. The molecule has 2 aromatic carbocycles. The molecule has 7 heteroatoms. The normalized spacial score (nSPS) is 10.2. The quantitative estimate of drug-likeness (QED) is 0.628. The number of hydrogen-bond acceptors (Lipinski definition) is 7. The number of nitrogen functional groups attached to an aromatic ring is 1. The molecular weight excluding hydrogens is 376 g/mol. The first-order chi connectivity index (χ1) is 13.6. The van der Waals surface area contributed by atoms with Gasteiger partial charge in [-0.25, -0.2) is 4.79 Å². The molecule has 3 aromatic rings. The molecule has 2 N–H and O–H groups in total. The molecule has 0 aliphatic heterocycles. The summed E-state index contributed by atoms with van der Waals surface area (Å²) in [5.41, 5.74) is 9.03. The number of ether oxygens (including phenoxy) is 3. The van der Waals surface area contributed by atoms with Crippen molar-refractivity contribution in [2.45, 2.75) is 6.61 Å². The zero-order chi connectivity index (χ0) is 20.1. The molecule has 0 amide bonds. The molecule has 0 fully saturated rings. The van der Waals surface area contributed by atoms with Crippen molar-refractivity contribution in [2.24, 2.45) is 0 Å². The van der Waals surface area contributed by atoms with Crippen molar-refractivity contribution < 1.29 is 19.0 Å². The number of benzene rings is 2. The number of carbonyl (C=O) groups is 1. The zero-order valence-electron chi connectivity index (χ0n) is 15.4. The van der Waals surface area contributed by atoms with Gasteiger partial charge in [-0.3, -0.25) is 0 Å². The van der Waals surface area contributed by atoms with Gasteiger partial charge in [-0.2, -0.15) is 5.26 Å². The van der Waals surface area contributed by atoms with Crippen LogP contribution >= 0.6 is 11.3 Å². The van der Waals surface area contributed by atoms with Gasteiger partial charge in [-0.15, -0.1) is 11.3 Å². The lowest BCUT2D eigenvalue weighted by atomic mass is 10.0. The first-order valence-electron chi connectivity index (χ1n) is 8.33. The standard InChI is InChI=1S/C21H18N2O4S/c1-25-17-7-6-15(9-18(17)26-2)16-12-28-20(23)19(16)21(24)27-11-14-5-3-4-13(8-14)10-22/h3-9,12H,11,23H2,1-2H3. The minimum absolute atomic E-state index is 0.0506. The van der Waals surface area contributed by atoms with Crippen LogP contribution in [0, 0.1) is 11.3 Å². The lowest BCUT2D eigenvalue weighted by Gasteiger charge is -2.11. The number of methoxy groups -OCH3 is 2. The van der Waals surface area contributed by atoms with E-state index in [0.717, 1.165) is 11.1 Å². The maximum absolute atomic E-state index is 12.7. The summed E-state index contributed by atoms with van der Waals surface area (Å²) >= 11 is 1.27. The summed E-state index contributed by atoms with van der Waals surface area (Å²) in [6, 6.07) is 14.4. The number of hydrogen-bond donors (Lipinski definition) is 1. The molecule has 0 saturated heterocycles. The molecule has 0 unspecified atom stereocenters. The van der Waals surface area contributed by atoms with Gasteiger partial charge in [0.05, 0.1) is 25.9 Å². The van der Waals surface area contributed by atoms with Gasteiger partial charge in [-0.1, -0.05) is 18.2 Å². The molecule has 1 heterocycles. The fourth-order valence-electron chi connectivity index (χ4n) is 2.75. The lowest BCUT2D eigenvalue weighted by Crippen LogP contribution is -2.08. The highest BCUT2D eigenvalue weighted by molar-refractivity contribution is 7.14. The number of nitrogens with zero attached hydrogens (tertiary/aromatic N) is 1. The molecule has 0 bridgehead atoms. The molecule has 0 aliphatic rings. The number of thiophene rings is 1. The van der Waals surface area contributed by atoms with Gasteiger partial charge >= 0.3 is 5.97 Å². The van der Waals surface area contributed by atoms with E-state index in [1.54, 1.807) is 50.6 Å². The van der Waals surface area contributed by atoms with Crippen LogP contribution in [0.1, 0.15) is 21.5 Å². The summed E-state index contributed by atoms with van der Waals surface area (Å²) in [5.74, 6) is 0.624. The summed E-state index contributed by atoms with van der Waals surface area (Å²) in [5, 5.41) is 11.2. The molecule has 0 saturated carbocycles. The molecule has 0 spiro atoms. The minimum Gasteiger partial charge on any atom is -0.493 e. The monoisotopic (exact) mass is 394 g/mol. The van der Waals surface area contributed by atoms with Crippen LogP contribution in [0.25, 0.3) is 11.1 Å². The van der Waals surface area contributed by atoms with Gasteiger partial charge in [0.25, 0.3) is 0 Å². The van der Waals surface area contributed by atoms with Crippen LogP contribution in [-0.4, -0.2) is 20.2 Å². The number of nitriles is 1. The third kappa shape index (κ3) is 3.92. The lowest BCUT2D eigenvalue weighted by molar-refractivity contribution is 0.0475. The van der Waals surface area contributed by atoms with Crippen LogP contribution in [0.5, 0.6) is 11.5 Å². The van der Waals surface area contributed by atoms with Crippen molar-refractivity contribution in [3.8, 4) is 28.7 Å². The van der Waals surface area contributed by atoms with E-state index in [1.807, 2.05) is 11.4 Å². The summed E-state index contributed by atoms with van der Waals surface area (Å²) in [4.78, 5) is 12.7. The molecule has 0 aliphatic carbocycles. The summed E-state index contributed by atoms with van der Waals surface area (Å²) < 4.78 is 16.0. The van der Waals surface area contributed by atoms with Crippen molar-refractivity contribution in [3.05, 3.63) is 64.5 Å². The number of nitrogens with two attached hydrogens (primary N) is 1. The van der Waals surface area contributed by atoms with Crippen LogP contribution in [0.15, 0.2) is 47.8 Å². The Hall–Kier alpha value is -3.50. The Bertz CT molecular complexity index is 1050. The van der Waals surface area contributed by atoms with Gasteiger partial charge in [0.2, 0.25) is 0 Å². The first-order valence-corrected chi connectivity index (χ1v) is 9.21. The molecule has 6 nitrogen and oxygen atoms in total. The molecule has 3 rings (SSSR count). The summed E-state index contributed by atoms with van der Waals surface area (Å²) in [7, 11) is 3.11. The van der Waals surface area contributed by atoms with Crippen LogP contribution < -0.4 is 15.2 Å². The first kappa shape index (κ1) is 19.3. The summed E-state index contributed by atoms with van der Waals surface area (Å²) in [6.45, 7) is 0.0506. The van der Waals surface area contributed by atoms with Crippen LogP contribution in [0.4, 0.5) is 5.00 Å². The highest BCUT2D eigenvalue weighted by Crippen LogP contribution is 2.38. The molecule has 28 heavy (non-hydrogen) atoms. The predicted octanol–water partition coefficient (Wildman–Crippen LogP) is 4.24. The number of anilines is 1. The fourth-order valence-corrected chi connectivity index (χ4v) is 3.56. The third-order valence-corrected chi connectivity index (χ3v) is 4.96. The van der Waals surface area contributed by atoms with Crippen molar-refractivity contribution >= 4 is 22.3 Å². The van der Waals surface area contributed by atoms with Crippen LogP contribution in [0.3, 0.4) is 0 Å². The van der Waals surface area contributed by atoms with E-state index in [-0.39, 0.29) is 6.61 Å². The fraction of sp³-hybridized carbons (Fsp3) is 0.143. The van der Waals surface area contributed by atoms with Crippen LogP contribution in [0.2, 0.25) is 0 Å². The van der Waals surface area contributed by atoms with E-state index in [9.17, 15) is 4.79 Å². The van der Waals surface area contributed by atoms with Crippen molar-refractivity contribution in [2.75, 3.05) is 20.0 Å². The Morgan fingerprint density at radius 2 is 1.93 bits per heavy atom. The molecule has 0 radical (unpaired) electrons. The average Bonchev–Trinajstić information content (AvgIpc) is 3.13. The number of esters is 1. The molecular formula is C21H18N2O4S. The zero-order valence-corrected chi connectivity index (χ0v) is 16.2. The third-order valence-electron chi connectivity index (χ3n) is 4.14. The minimum atomic E-state index is -0.522. The maximum atomic E-state index is 12.7. The van der Waals surface area contributed by atoms with E-state index in [4.69, 9.17) is 25.2 Å². The second-order valence-electron chi connectivity index (χ2n) is 5.85. The maximum Gasteiger partial charge on any atom is 0.342 e. The molecule has 1 aromatic heterocycles. The molecule has 142 valence electrons. The highest BCUT2D eigenvalue weighted by atomic mass is 32.1. The van der Waals surface area contributed by atoms with Crippen molar-refractivity contribution in [3.63, 3.8) is 0 Å². The molecule has 0 atom stereocenters. The van der Waals surface area contributed by atoms with E-state index >= 15 is 0 Å². The van der Waals surface area contributed by atoms with Gasteiger partial charge in [0.15, 0.2) is 11.5 Å². The smallest absolute Gasteiger partial charge is 0.342 e. The van der Waals surface area contributed by atoms with Gasteiger partial charge in [0, 0.05) is 10.9 Å². The van der Waals surface area contributed by atoms with Gasteiger partial charge < -0.3 is 19.9 Å². The van der Waals surface area contributed by atoms with Crippen molar-refractivity contribution in [1.82, 2.24) is 0 Å². The Balaban J connectivity index is 1.86. The topological polar surface area (TPSA) is 94.6 Å². The van der Waals surface area contributed by atoms with Crippen LogP contribution in [-0.2, 0) is 11.3 Å². The highest BCUT2D eigenvalue weighted by Gasteiger charge is 2.21. The van der Waals surface area contributed by atoms with Gasteiger partial charge in [-0.05, 0) is 35.4 Å². The van der Waals surface area contributed by atoms with E-state index in [1.165, 1.54) is 11.3 Å². The average molecular weight is 394 g/mol. The van der Waals surface area contributed by atoms with Crippen molar-refractivity contribution in [1.29, 1.82) is 5.26 Å². The second-order valence-corrected chi connectivity index (χ2v) is 6.76. The number of carbonyl (C=O) groups excluding carboxylic acids is 1. The Morgan fingerprint density at radius 3 is 2.64 bits per heavy atom. The summed E-state index contributed by atoms with van der Waals surface area (Å²) in [6.07, 6.45) is 0. The SMILES string of the molecule is COc1ccc(-c2csc(N)c2C(=O)OCc2cccc(C#N)c2)cc1OC. The van der Waals surface area contributed by atoms with Gasteiger partial charge in [0.1, 0.15) is 17.2 Å². The second kappa shape index (κ2) is 8.46. The Labute approximate surface area is 166 Å². The van der Waals surface area contributed by atoms with E-state index in [2.05, 4.69) is 6.07 Å². The van der Waals surface area contributed by atoms with E-state index < -0.39 is 5.97 Å².